The van der Waals surface area contributed by atoms with Crippen molar-refractivity contribution in [3.63, 3.8) is 0 Å². The topological polar surface area (TPSA) is 231 Å². The number of amides is 1. The van der Waals surface area contributed by atoms with Gasteiger partial charge in [0.2, 0.25) is 0 Å². The minimum atomic E-state index is -2.47. The number of fused-ring (bicyclic) bond motifs is 5. The summed E-state index contributed by atoms with van der Waals surface area (Å²) in [6, 6.07) is 14.7. The van der Waals surface area contributed by atoms with E-state index in [1.165, 1.54) is 19.1 Å². The van der Waals surface area contributed by atoms with Crippen LogP contribution < -0.4 is 5.32 Å². The van der Waals surface area contributed by atoms with Crippen LogP contribution in [0.3, 0.4) is 0 Å². The molecule has 16 nitrogen and oxygen atoms in total. The Labute approximate surface area is 605 Å². The first kappa shape index (κ1) is 80.4. The number of alkyl carbamates (subject to hydrolysis) is 1. The van der Waals surface area contributed by atoms with Crippen LogP contribution in [0.5, 0.6) is 0 Å². The Bertz CT molecular complexity index is 3220. The molecule has 1 radical (unpaired) electrons. The summed E-state index contributed by atoms with van der Waals surface area (Å²) in [4.78, 5) is 88.4. The van der Waals surface area contributed by atoms with Gasteiger partial charge in [0.05, 0.1) is 29.7 Å². The summed E-state index contributed by atoms with van der Waals surface area (Å²) in [6.07, 6.45) is 38.1. The normalized spacial score (nSPS) is 25.7. The number of hydrogen-bond donors (Lipinski definition) is 4. The molecule has 11 unspecified atom stereocenters. The monoisotopic (exact) mass is 1530 g/mol. The third-order valence-corrected chi connectivity index (χ3v) is 18.1. The van der Waals surface area contributed by atoms with Gasteiger partial charge in [-0.05, 0) is 141 Å². The molecule has 11 atom stereocenters. The van der Waals surface area contributed by atoms with E-state index >= 15 is 4.79 Å². The maximum absolute atomic E-state index is 16.6. The number of aliphatic hydroxyl groups is 3. The molecule has 96 heavy (non-hydrogen) atoms. The van der Waals surface area contributed by atoms with E-state index < -0.39 is 125 Å². The maximum Gasteiger partial charge on any atom is 0.408 e. The molecule has 3 aliphatic carbocycles. The molecule has 17 heteroatoms. The van der Waals surface area contributed by atoms with Gasteiger partial charge < -0.3 is 49.1 Å². The van der Waals surface area contributed by atoms with Gasteiger partial charge in [-0.25, -0.2) is 14.4 Å². The van der Waals surface area contributed by atoms with Crippen molar-refractivity contribution >= 4 is 35.8 Å². The van der Waals surface area contributed by atoms with Crippen LogP contribution in [0.15, 0.2) is 193 Å². The summed E-state index contributed by atoms with van der Waals surface area (Å²) < 4.78 is 37.3. The number of carbonyl (C=O) groups excluding carboxylic acids is 6. The quantitative estimate of drug-likeness (QED) is 0.0296. The van der Waals surface area contributed by atoms with Crippen molar-refractivity contribution in [3.8, 4) is 0 Å². The van der Waals surface area contributed by atoms with Crippen molar-refractivity contribution in [2.45, 2.75) is 225 Å². The molecule has 2 aromatic rings. The fraction of sp³-hybridized carbons (Fsp3) is 0.494. The number of Topliss-reactive ketones (excluding diaryl/α,β-unsaturated/α-hetero) is 1. The van der Waals surface area contributed by atoms with Crippen LogP contribution in [-0.4, -0.2) is 111 Å². The second kappa shape index (κ2) is 39.3. The largest absolute Gasteiger partial charge is 0.461 e. The van der Waals surface area contributed by atoms with Gasteiger partial charge in [0, 0.05) is 81.1 Å². The number of benzene rings is 2. The van der Waals surface area contributed by atoms with E-state index in [0.717, 1.165) is 51.4 Å². The summed E-state index contributed by atoms with van der Waals surface area (Å²) in [7, 11) is 0. The number of hydrogen-bond acceptors (Lipinski definition) is 15. The standard InChI is InChI=1S/C79H103NO15.Ac/c1-10-12-14-16-18-20-22-24-26-28-30-32-34-36-38-46-52-63(81)92-61-54-62-78(88,56-90-62)69-71(94-72(85)59-50-44-41-45-51-59)79(89)55-60(91-73(86)67(83)66(58-48-42-40-43-49-58)80-74(87)95-75(4,5)6)57(3)65(76(79,7)8)68(70(84)77(61,69)9)93-64(82)53-47-39-37-35-33-31-29-27-25-23-21-19-17-15-13-11-2;/h12-15,18-21,24-27,30-33,36-45,48-51,60-62,66-69,71,83,88-89H,10-11,16-17,22-23,28-29,34-35,46-47,52-56H2,1-9H3,(H,80,87);/b14-12-,15-13-,20-18-,21-19-,26-24-,27-25-,32-30-,33-31-,38-36-,39-37-;. The molecular weight excluding hydrogens is 1430 g/mol. The van der Waals surface area contributed by atoms with Crippen LogP contribution >= 0.6 is 0 Å². The van der Waals surface area contributed by atoms with Crippen molar-refractivity contribution < 1.29 is 117 Å². The van der Waals surface area contributed by atoms with E-state index in [1.54, 1.807) is 90.1 Å². The Morgan fingerprint density at radius 1 is 0.635 bits per heavy atom. The summed E-state index contributed by atoms with van der Waals surface area (Å²) >= 11 is 0. The smallest absolute Gasteiger partial charge is 0.408 e. The van der Waals surface area contributed by atoms with Gasteiger partial charge in [0.1, 0.15) is 35.1 Å². The van der Waals surface area contributed by atoms with Crippen LogP contribution in [-0.2, 0) is 47.6 Å². The zero-order chi connectivity index (χ0) is 69.1. The fourth-order valence-corrected chi connectivity index (χ4v) is 12.9. The Kier molecular flexibility index (Phi) is 32.9. The third-order valence-electron chi connectivity index (χ3n) is 18.1. The number of esters is 4. The fourth-order valence-electron chi connectivity index (χ4n) is 12.9. The van der Waals surface area contributed by atoms with Gasteiger partial charge in [0.25, 0.3) is 0 Å². The third kappa shape index (κ3) is 22.1. The molecule has 2 aromatic carbocycles. The zero-order valence-electron chi connectivity index (χ0n) is 57.8. The van der Waals surface area contributed by atoms with Gasteiger partial charge in [-0.15, -0.1) is 0 Å². The first-order chi connectivity index (χ1) is 45.4. The van der Waals surface area contributed by atoms with Gasteiger partial charge >= 0.3 is 30.0 Å². The second-order valence-electron chi connectivity index (χ2n) is 26.4. The number of rotatable bonds is 33. The van der Waals surface area contributed by atoms with Crippen LogP contribution in [0, 0.1) is 60.8 Å². The SMILES string of the molecule is CC/C=C\C/C=C\C/C=C\C/C=C\C/C=C\CCC(=O)OC1C(=O)C2(C)C(OC(=O)CC/C=C\C/C=C\C/C=C\C/C=C\C/C=C\CC)CC3OCC3(O)C2C(OC(=O)c2ccccc2)C2(O)CC(OC(=O)C(O)C(NC(=O)OC(C)(C)C)c3ccccc3)C(C)=C1C2(C)C.[Ac]. The zero-order valence-corrected chi connectivity index (χ0v) is 62.5. The van der Waals surface area contributed by atoms with Crippen molar-refractivity contribution in [1.82, 2.24) is 5.32 Å². The molecule has 4 aliphatic rings. The molecule has 2 saturated carbocycles. The predicted octanol–water partition coefficient (Wildman–Crippen LogP) is 14.9. The van der Waals surface area contributed by atoms with E-state index in [4.69, 9.17) is 28.4 Å². The van der Waals surface area contributed by atoms with Gasteiger partial charge in [-0.1, -0.05) is 198 Å². The summed E-state index contributed by atoms with van der Waals surface area (Å²) in [5.41, 5.74) is -8.85. The van der Waals surface area contributed by atoms with E-state index in [9.17, 15) is 39.3 Å². The Morgan fingerprint density at radius 3 is 1.53 bits per heavy atom. The number of aliphatic hydroxyl groups excluding tert-OH is 1. The van der Waals surface area contributed by atoms with Gasteiger partial charge in [0.15, 0.2) is 18.0 Å². The van der Waals surface area contributed by atoms with E-state index in [0.29, 0.717) is 18.4 Å². The van der Waals surface area contributed by atoms with Crippen molar-refractivity contribution in [1.29, 1.82) is 0 Å². The molecule has 1 amide bonds. The first-order valence-corrected chi connectivity index (χ1v) is 33.8. The van der Waals surface area contributed by atoms with E-state index in [1.807, 2.05) is 36.5 Å². The van der Waals surface area contributed by atoms with Crippen LogP contribution in [0.1, 0.15) is 187 Å². The molecule has 4 N–H and O–H groups in total. The molecule has 6 rings (SSSR count). The molecule has 1 aliphatic heterocycles. The molecule has 1 saturated heterocycles. The van der Waals surface area contributed by atoms with Crippen LogP contribution in [0.4, 0.5) is 4.79 Å². The average molecular weight is 1530 g/mol. The van der Waals surface area contributed by atoms with Gasteiger partial charge in [-0.2, -0.15) is 0 Å². The molecule has 1 heterocycles. The molecular formula is C79H103AcNO15. The van der Waals surface area contributed by atoms with Crippen molar-refractivity contribution in [3.05, 3.63) is 204 Å². The number of carbonyl (C=O) groups is 6. The maximum atomic E-state index is 16.6. The van der Waals surface area contributed by atoms with Crippen molar-refractivity contribution in [2.75, 3.05) is 6.61 Å². The Morgan fingerprint density at radius 2 is 1.08 bits per heavy atom. The molecule has 517 valence electrons. The Balaban J connectivity index is 0.0000167. The van der Waals surface area contributed by atoms with Crippen LogP contribution in [0.25, 0.3) is 0 Å². The van der Waals surface area contributed by atoms with E-state index in [2.05, 4.69) is 104 Å². The minimum Gasteiger partial charge on any atom is -0.461 e. The summed E-state index contributed by atoms with van der Waals surface area (Å²) in [5, 5.41) is 42.1. The summed E-state index contributed by atoms with van der Waals surface area (Å²) in [6.45, 7) is 15.0. The number of ether oxygens (including phenoxy) is 6. The molecule has 0 aromatic heterocycles. The number of nitrogens with one attached hydrogen (secondary N) is 1. The van der Waals surface area contributed by atoms with E-state index in [-0.39, 0.29) is 92.9 Å². The summed E-state index contributed by atoms with van der Waals surface area (Å²) in [5.74, 6) is -6.22. The van der Waals surface area contributed by atoms with Gasteiger partial charge in [-0.3, -0.25) is 14.4 Å². The number of allylic oxidation sites excluding steroid dienone is 20. The molecule has 2 bridgehead atoms. The van der Waals surface area contributed by atoms with Crippen LogP contribution in [0.2, 0.25) is 0 Å². The first-order valence-electron chi connectivity index (χ1n) is 33.8. The molecule has 3 fully saturated rings. The van der Waals surface area contributed by atoms with Crippen molar-refractivity contribution in [2.24, 2.45) is 16.7 Å². The minimum absolute atomic E-state index is 0. The Hall–Kier alpha value is -6.32. The average Bonchev–Trinajstić information content (AvgIpc) is 0.672. The predicted molar refractivity (Wildman–Crippen MR) is 369 cm³/mol. The second-order valence-corrected chi connectivity index (χ2v) is 26.4. The molecule has 0 spiro atoms. The number of ketones is 1.